The fraction of sp³-hybridized carbons (Fsp3) is 0.583. The molecule has 0 aromatic carbocycles. The van der Waals surface area contributed by atoms with Gasteiger partial charge >= 0.3 is 6.09 Å². The molecule has 1 aromatic heterocycles. The van der Waals surface area contributed by atoms with Crippen LogP contribution in [0.15, 0.2) is 0 Å². The summed E-state index contributed by atoms with van der Waals surface area (Å²) in [5, 5.41) is 23.3. The zero-order valence-corrected chi connectivity index (χ0v) is 11.1. The Labute approximate surface area is 115 Å². The van der Waals surface area contributed by atoms with Crippen molar-refractivity contribution in [3.63, 3.8) is 0 Å². The molecule has 0 fully saturated rings. The molecule has 8 nitrogen and oxygen atoms in total. The number of aromatic nitrogens is 2. The maximum Gasteiger partial charge on any atom is 0.414 e. The van der Waals surface area contributed by atoms with Gasteiger partial charge in [-0.15, -0.1) is 0 Å². The Hall–Kier alpha value is -1.93. The van der Waals surface area contributed by atoms with Crippen LogP contribution in [0.1, 0.15) is 21.7 Å². The number of fused-ring (bicyclic) bond motifs is 3. The van der Waals surface area contributed by atoms with Gasteiger partial charge < -0.3 is 10.2 Å². The van der Waals surface area contributed by atoms with Gasteiger partial charge in [0.15, 0.2) is 0 Å². The highest BCUT2D eigenvalue weighted by molar-refractivity contribution is 6.05. The zero-order valence-electron chi connectivity index (χ0n) is 11.1. The van der Waals surface area contributed by atoms with Crippen molar-refractivity contribution in [2.45, 2.75) is 25.6 Å². The summed E-state index contributed by atoms with van der Waals surface area (Å²) in [7, 11) is 1.85. The fourth-order valence-electron chi connectivity index (χ4n) is 2.86. The topological polar surface area (TPSA) is 98.9 Å². The number of amides is 2. The Morgan fingerprint density at radius 1 is 1.40 bits per heavy atom. The molecule has 0 saturated heterocycles. The minimum Gasteiger partial charge on any atom is -0.465 e. The molecule has 1 atom stereocenters. The molecule has 2 amide bonds. The van der Waals surface area contributed by atoms with Crippen LogP contribution in [0, 0.1) is 0 Å². The molecule has 3 rings (SSSR count). The summed E-state index contributed by atoms with van der Waals surface area (Å²) >= 11 is 0. The van der Waals surface area contributed by atoms with Crippen molar-refractivity contribution < 1.29 is 19.8 Å². The number of carbonyl (C=O) groups is 2. The molecule has 0 aliphatic carbocycles. The first-order chi connectivity index (χ1) is 9.47. The maximum atomic E-state index is 12.3. The van der Waals surface area contributed by atoms with Crippen LogP contribution in [0.5, 0.6) is 0 Å². The Morgan fingerprint density at radius 2 is 2.15 bits per heavy atom. The molecular weight excluding hydrogens is 264 g/mol. The number of aliphatic hydroxyl groups is 1. The highest BCUT2D eigenvalue weighted by atomic mass is 16.4. The lowest BCUT2D eigenvalue weighted by atomic mass is 10.0. The van der Waals surface area contributed by atoms with Gasteiger partial charge in [-0.25, -0.2) is 9.69 Å². The van der Waals surface area contributed by atoms with E-state index in [4.69, 9.17) is 5.11 Å². The Balaban J connectivity index is 2.06. The molecular formula is C12H16N4O4. The van der Waals surface area contributed by atoms with Crippen molar-refractivity contribution in [1.82, 2.24) is 19.6 Å². The van der Waals surface area contributed by atoms with Crippen molar-refractivity contribution in [2.24, 2.45) is 0 Å². The number of carboxylic acid groups (broad SMARTS) is 1. The number of rotatable bonds is 0. The van der Waals surface area contributed by atoms with Crippen molar-refractivity contribution in [3.8, 4) is 0 Å². The van der Waals surface area contributed by atoms with Gasteiger partial charge in [-0.1, -0.05) is 0 Å². The number of β-amino-alcohol motifs (C(OH)–C–C–N with tert-alkyl or cyclic N) is 1. The Kier molecular flexibility index (Phi) is 2.98. The van der Waals surface area contributed by atoms with Crippen LogP contribution in [-0.4, -0.2) is 68.0 Å². The summed E-state index contributed by atoms with van der Waals surface area (Å²) in [6.07, 6.45) is -1.36. The second-order valence-corrected chi connectivity index (χ2v) is 5.29. The van der Waals surface area contributed by atoms with Gasteiger partial charge in [-0.2, -0.15) is 5.10 Å². The number of hydrogen-bond donors (Lipinski definition) is 2. The normalized spacial score (nSPS) is 23.2. The quantitative estimate of drug-likeness (QED) is 0.656. The van der Waals surface area contributed by atoms with Crippen molar-refractivity contribution in [1.29, 1.82) is 0 Å². The minimum absolute atomic E-state index is 0.135. The summed E-state index contributed by atoms with van der Waals surface area (Å²) in [5.41, 5.74) is 1.71. The number of likely N-dealkylation sites (N-methyl/N-ethyl adjacent to an activating group) is 1. The summed E-state index contributed by atoms with van der Waals surface area (Å²) < 4.78 is 1.64. The SMILES string of the molecule is CN1Cc2c3c(nn2CC(O)C1)CCN(C(=O)O)C3=O. The zero-order chi connectivity index (χ0) is 14.4. The number of nitrogens with zero attached hydrogens (tertiary/aromatic N) is 4. The number of hydrogen-bond acceptors (Lipinski definition) is 5. The van der Waals surface area contributed by atoms with Crippen LogP contribution >= 0.6 is 0 Å². The first-order valence-electron chi connectivity index (χ1n) is 6.47. The molecule has 3 heterocycles. The van der Waals surface area contributed by atoms with E-state index in [2.05, 4.69) is 5.10 Å². The van der Waals surface area contributed by atoms with Crippen molar-refractivity contribution in [2.75, 3.05) is 20.1 Å². The maximum absolute atomic E-state index is 12.3. The van der Waals surface area contributed by atoms with Crippen LogP contribution < -0.4 is 0 Å². The molecule has 20 heavy (non-hydrogen) atoms. The summed E-state index contributed by atoms with van der Waals surface area (Å²) in [4.78, 5) is 26.1. The van der Waals surface area contributed by atoms with E-state index in [0.717, 1.165) is 4.90 Å². The molecule has 2 N–H and O–H groups in total. The molecule has 108 valence electrons. The third kappa shape index (κ3) is 1.97. The lowest BCUT2D eigenvalue weighted by Gasteiger charge is -2.22. The lowest BCUT2D eigenvalue weighted by Crippen LogP contribution is -2.41. The second-order valence-electron chi connectivity index (χ2n) is 5.29. The van der Waals surface area contributed by atoms with E-state index in [1.807, 2.05) is 11.9 Å². The molecule has 0 bridgehead atoms. The fourth-order valence-corrected chi connectivity index (χ4v) is 2.86. The Morgan fingerprint density at radius 3 is 2.85 bits per heavy atom. The highest BCUT2D eigenvalue weighted by Crippen LogP contribution is 2.25. The lowest BCUT2D eigenvalue weighted by molar-refractivity contribution is 0.0724. The monoisotopic (exact) mass is 280 g/mol. The van der Waals surface area contributed by atoms with Crippen molar-refractivity contribution in [3.05, 3.63) is 17.0 Å². The summed E-state index contributed by atoms with van der Waals surface area (Å²) in [5.74, 6) is -0.509. The molecule has 0 radical (unpaired) electrons. The summed E-state index contributed by atoms with van der Waals surface area (Å²) in [6, 6.07) is 0. The first-order valence-corrected chi connectivity index (χ1v) is 6.47. The molecule has 0 saturated carbocycles. The molecule has 2 aliphatic rings. The smallest absolute Gasteiger partial charge is 0.414 e. The van der Waals surface area contributed by atoms with Gasteiger partial charge in [0.05, 0.1) is 29.6 Å². The number of carbonyl (C=O) groups excluding carboxylic acids is 1. The first kappa shape index (κ1) is 13.1. The standard InChI is InChI=1S/C12H16N4O4/c1-14-4-7(17)5-16-9(6-14)10-8(13-16)2-3-15(11(10)18)12(19)20/h7,17H,2-6H2,1H3,(H,19,20). The molecule has 8 heteroatoms. The van der Waals surface area contributed by atoms with Gasteiger partial charge in [-0.3, -0.25) is 14.4 Å². The largest absolute Gasteiger partial charge is 0.465 e. The molecule has 1 unspecified atom stereocenters. The third-order valence-corrected chi connectivity index (χ3v) is 3.72. The third-order valence-electron chi connectivity index (χ3n) is 3.72. The minimum atomic E-state index is -1.23. The summed E-state index contributed by atoms with van der Waals surface area (Å²) in [6.45, 7) is 1.43. The van der Waals surface area contributed by atoms with Gasteiger partial charge in [0.1, 0.15) is 0 Å². The van der Waals surface area contributed by atoms with Gasteiger partial charge in [0.2, 0.25) is 0 Å². The van der Waals surface area contributed by atoms with Crippen LogP contribution in [0.2, 0.25) is 0 Å². The highest BCUT2D eigenvalue weighted by Gasteiger charge is 2.36. The van der Waals surface area contributed by atoms with E-state index in [1.165, 1.54) is 0 Å². The molecule has 0 spiro atoms. The van der Waals surface area contributed by atoms with Crippen LogP contribution in [0.25, 0.3) is 0 Å². The van der Waals surface area contributed by atoms with Gasteiger partial charge in [0, 0.05) is 26.1 Å². The van der Waals surface area contributed by atoms with E-state index in [1.54, 1.807) is 4.68 Å². The number of imide groups is 1. The van der Waals surface area contributed by atoms with Crippen LogP contribution in [0.4, 0.5) is 4.79 Å². The van der Waals surface area contributed by atoms with E-state index >= 15 is 0 Å². The van der Waals surface area contributed by atoms with E-state index in [-0.39, 0.29) is 6.54 Å². The molecule has 1 aromatic rings. The predicted octanol–water partition coefficient (Wildman–Crippen LogP) is -0.634. The van der Waals surface area contributed by atoms with E-state index < -0.39 is 18.1 Å². The molecule has 2 aliphatic heterocycles. The van der Waals surface area contributed by atoms with Gasteiger partial charge in [0.25, 0.3) is 5.91 Å². The van der Waals surface area contributed by atoms with E-state index in [9.17, 15) is 14.7 Å². The second kappa shape index (κ2) is 4.57. The number of aliphatic hydroxyl groups excluding tert-OH is 1. The van der Waals surface area contributed by atoms with E-state index in [0.29, 0.717) is 43.0 Å². The predicted molar refractivity (Wildman–Crippen MR) is 67.3 cm³/mol. The average Bonchev–Trinajstić information content (AvgIpc) is 2.60. The van der Waals surface area contributed by atoms with Crippen molar-refractivity contribution >= 4 is 12.0 Å². The Bertz CT molecular complexity index is 582. The van der Waals surface area contributed by atoms with Gasteiger partial charge in [-0.05, 0) is 7.05 Å². The van der Waals surface area contributed by atoms with Crippen LogP contribution in [-0.2, 0) is 19.5 Å². The average molecular weight is 280 g/mol. The van der Waals surface area contributed by atoms with Crippen LogP contribution in [0.3, 0.4) is 0 Å².